The van der Waals surface area contributed by atoms with Crippen molar-refractivity contribution in [2.24, 2.45) is 0 Å². The number of aromatic carboxylic acids is 1. The van der Waals surface area contributed by atoms with Crippen LogP contribution in [0.4, 0.5) is 4.39 Å². The molecule has 0 unspecified atom stereocenters. The van der Waals surface area contributed by atoms with E-state index in [1.54, 1.807) is 37.4 Å². The number of benzene rings is 1. The first kappa shape index (κ1) is 19.0. The Bertz CT molecular complexity index is 1120. The third-order valence-corrected chi connectivity index (χ3v) is 5.65. The number of nitrogens with one attached hydrogen (secondary N) is 1. The SMILES string of the molecule is Cc1ccc([C@@]2(NC(=O)c3csc(C(=O)O)n3)CCOc3cccnc32)cc1F. The zero-order valence-corrected chi connectivity index (χ0v) is 16.1. The Morgan fingerprint density at radius 1 is 1.34 bits per heavy atom. The largest absolute Gasteiger partial charge is 0.491 e. The molecule has 2 N–H and O–H groups in total. The number of halogens is 1. The number of carboxylic acids is 1. The van der Waals surface area contributed by atoms with E-state index in [2.05, 4.69) is 15.3 Å². The zero-order chi connectivity index (χ0) is 20.6. The molecule has 7 nitrogen and oxygen atoms in total. The molecule has 0 aliphatic carbocycles. The molecule has 0 bridgehead atoms. The van der Waals surface area contributed by atoms with Gasteiger partial charge in [0.25, 0.3) is 5.91 Å². The van der Waals surface area contributed by atoms with Crippen LogP contribution in [0.3, 0.4) is 0 Å². The summed E-state index contributed by atoms with van der Waals surface area (Å²) in [7, 11) is 0. The van der Waals surface area contributed by atoms with Gasteiger partial charge in [-0.3, -0.25) is 9.78 Å². The van der Waals surface area contributed by atoms with Gasteiger partial charge in [-0.2, -0.15) is 0 Å². The maximum Gasteiger partial charge on any atom is 0.365 e. The molecule has 1 aliphatic rings. The number of thiazole rings is 1. The van der Waals surface area contributed by atoms with E-state index in [4.69, 9.17) is 9.84 Å². The molecule has 0 saturated carbocycles. The monoisotopic (exact) mass is 413 g/mol. The maximum atomic E-state index is 14.4. The van der Waals surface area contributed by atoms with Gasteiger partial charge in [0.2, 0.25) is 5.01 Å². The van der Waals surface area contributed by atoms with Crippen molar-refractivity contribution in [3.8, 4) is 5.75 Å². The van der Waals surface area contributed by atoms with Crippen molar-refractivity contribution in [2.45, 2.75) is 18.9 Å². The Kier molecular flexibility index (Phi) is 4.75. The van der Waals surface area contributed by atoms with Crippen LogP contribution in [0.1, 0.15) is 43.5 Å². The van der Waals surface area contributed by atoms with Crippen LogP contribution in [-0.2, 0) is 5.54 Å². The Morgan fingerprint density at radius 3 is 2.90 bits per heavy atom. The van der Waals surface area contributed by atoms with Crippen molar-refractivity contribution >= 4 is 23.2 Å². The summed E-state index contributed by atoms with van der Waals surface area (Å²) < 4.78 is 20.1. The molecule has 2 aromatic heterocycles. The topological polar surface area (TPSA) is 101 Å². The number of carbonyl (C=O) groups excluding carboxylic acids is 1. The predicted molar refractivity (Wildman–Crippen MR) is 103 cm³/mol. The van der Waals surface area contributed by atoms with E-state index in [1.165, 1.54) is 11.4 Å². The van der Waals surface area contributed by atoms with Crippen LogP contribution in [0, 0.1) is 12.7 Å². The molecule has 1 amide bonds. The van der Waals surface area contributed by atoms with Crippen molar-refractivity contribution in [2.75, 3.05) is 6.61 Å². The molecular weight excluding hydrogens is 397 g/mol. The smallest absolute Gasteiger partial charge is 0.365 e. The molecule has 1 aliphatic heterocycles. The third kappa shape index (κ3) is 3.33. The lowest BCUT2D eigenvalue weighted by molar-refractivity contribution is 0.0696. The minimum Gasteiger partial charge on any atom is -0.491 e. The Labute approximate surface area is 169 Å². The molecule has 3 heterocycles. The molecule has 4 rings (SSSR count). The molecule has 0 spiro atoms. The number of nitrogens with zero attached hydrogens (tertiary/aromatic N) is 2. The number of pyridine rings is 1. The van der Waals surface area contributed by atoms with E-state index in [-0.39, 0.29) is 17.3 Å². The molecule has 0 radical (unpaired) electrons. The van der Waals surface area contributed by atoms with Gasteiger partial charge in [-0.15, -0.1) is 11.3 Å². The summed E-state index contributed by atoms with van der Waals surface area (Å²) in [5.41, 5.74) is 0.285. The lowest BCUT2D eigenvalue weighted by Gasteiger charge is -2.38. The number of hydrogen-bond acceptors (Lipinski definition) is 6. The molecule has 9 heteroatoms. The van der Waals surface area contributed by atoms with E-state index in [1.807, 2.05) is 0 Å². The van der Waals surface area contributed by atoms with Crippen molar-refractivity contribution < 1.29 is 23.8 Å². The second kappa shape index (κ2) is 7.25. The predicted octanol–water partition coefficient (Wildman–Crippen LogP) is 3.14. The van der Waals surface area contributed by atoms with Gasteiger partial charge in [-0.05, 0) is 36.2 Å². The summed E-state index contributed by atoms with van der Waals surface area (Å²) in [6.07, 6.45) is 1.89. The number of carboxylic acid groups (broad SMARTS) is 1. The second-order valence-electron chi connectivity index (χ2n) is 6.62. The highest BCUT2D eigenvalue weighted by Gasteiger charge is 2.43. The van der Waals surface area contributed by atoms with E-state index in [0.29, 0.717) is 29.0 Å². The van der Waals surface area contributed by atoms with Gasteiger partial charge in [0.05, 0.1) is 6.61 Å². The van der Waals surface area contributed by atoms with Gasteiger partial charge < -0.3 is 15.2 Å². The Balaban J connectivity index is 1.82. The molecule has 3 aromatic rings. The van der Waals surface area contributed by atoms with Gasteiger partial charge in [0, 0.05) is 18.0 Å². The summed E-state index contributed by atoms with van der Waals surface area (Å²) in [6.45, 7) is 1.94. The van der Waals surface area contributed by atoms with Crippen LogP contribution in [0.5, 0.6) is 5.75 Å². The molecule has 29 heavy (non-hydrogen) atoms. The van der Waals surface area contributed by atoms with Crippen molar-refractivity contribution in [3.63, 3.8) is 0 Å². The van der Waals surface area contributed by atoms with Gasteiger partial charge in [0.1, 0.15) is 28.5 Å². The van der Waals surface area contributed by atoms with Crippen LogP contribution >= 0.6 is 11.3 Å². The van der Waals surface area contributed by atoms with Crippen LogP contribution in [-0.4, -0.2) is 33.6 Å². The lowest BCUT2D eigenvalue weighted by atomic mass is 9.81. The standard InChI is InChI=1S/C20H16FN3O4S/c1-11-4-5-12(9-13(11)21)20(6-8-28-15-3-2-7-22-16(15)20)24-17(25)14-10-29-18(23-14)19(26)27/h2-5,7,9-10H,6,8H2,1H3,(H,24,25)(H,26,27)/t20-/m0/s1. The van der Waals surface area contributed by atoms with Crippen molar-refractivity contribution in [1.82, 2.24) is 15.3 Å². The van der Waals surface area contributed by atoms with Gasteiger partial charge in [-0.1, -0.05) is 12.1 Å². The molecule has 0 saturated heterocycles. The quantitative estimate of drug-likeness (QED) is 0.681. The molecule has 1 aromatic carbocycles. The highest BCUT2D eigenvalue weighted by molar-refractivity contribution is 7.11. The van der Waals surface area contributed by atoms with E-state index >= 15 is 0 Å². The number of carbonyl (C=O) groups is 2. The van der Waals surface area contributed by atoms with Crippen LogP contribution in [0.15, 0.2) is 41.9 Å². The number of rotatable bonds is 4. The average Bonchev–Trinajstić information content (AvgIpc) is 3.21. The van der Waals surface area contributed by atoms with Gasteiger partial charge >= 0.3 is 5.97 Å². The Morgan fingerprint density at radius 2 is 2.17 bits per heavy atom. The summed E-state index contributed by atoms with van der Waals surface area (Å²) in [6, 6.07) is 8.21. The lowest BCUT2D eigenvalue weighted by Crippen LogP contribution is -2.50. The summed E-state index contributed by atoms with van der Waals surface area (Å²) >= 11 is 0.861. The third-order valence-electron chi connectivity index (χ3n) is 4.82. The fourth-order valence-corrected chi connectivity index (χ4v) is 3.96. The van der Waals surface area contributed by atoms with Crippen LogP contribution in [0.2, 0.25) is 0 Å². The molecule has 0 fully saturated rings. The number of aromatic nitrogens is 2. The van der Waals surface area contributed by atoms with Crippen LogP contribution in [0.25, 0.3) is 0 Å². The first-order chi connectivity index (χ1) is 13.9. The molecular formula is C20H16FN3O4S. The maximum absolute atomic E-state index is 14.4. The number of aryl methyl sites for hydroxylation is 1. The molecule has 148 valence electrons. The highest BCUT2D eigenvalue weighted by atomic mass is 32.1. The van der Waals surface area contributed by atoms with E-state index in [0.717, 1.165) is 11.3 Å². The first-order valence-electron chi connectivity index (χ1n) is 8.77. The minimum absolute atomic E-state index is 0.0247. The fraction of sp³-hybridized carbons (Fsp3) is 0.200. The normalized spacial score (nSPS) is 17.9. The zero-order valence-electron chi connectivity index (χ0n) is 15.3. The first-order valence-corrected chi connectivity index (χ1v) is 9.65. The average molecular weight is 413 g/mol. The Hall–Kier alpha value is -3.33. The minimum atomic E-state index is -1.21. The summed E-state index contributed by atoms with van der Waals surface area (Å²) in [4.78, 5) is 32.3. The van der Waals surface area contributed by atoms with E-state index < -0.39 is 23.2 Å². The van der Waals surface area contributed by atoms with Gasteiger partial charge in [0.15, 0.2) is 0 Å². The number of amides is 1. The van der Waals surface area contributed by atoms with Crippen LogP contribution < -0.4 is 10.1 Å². The summed E-state index contributed by atoms with van der Waals surface area (Å²) in [5.74, 6) is -1.69. The van der Waals surface area contributed by atoms with Crippen molar-refractivity contribution in [3.05, 3.63) is 75.2 Å². The fourth-order valence-electron chi connectivity index (χ4n) is 3.33. The van der Waals surface area contributed by atoms with E-state index in [9.17, 15) is 14.0 Å². The number of ether oxygens (including phenoxy) is 1. The molecule has 1 atom stereocenters. The number of fused-ring (bicyclic) bond motifs is 1. The number of hydrogen-bond donors (Lipinski definition) is 2. The second-order valence-corrected chi connectivity index (χ2v) is 7.47. The van der Waals surface area contributed by atoms with Gasteiger partial charge in [-0.25, -0.2) is 14.2 Å². The highest BCUT2D eigenvalue weighted by Crippen LogP contribution is 2.41. The van der Waals surface area contributed by atoms with Crippen molar-refractivity contribution in [1.29, 1.82) is 0 Å². The summed E-state index contributed by atoms with van der Waals surface area (Å²) in [5, 5.41) is 13.2.